The number of benzene rings is 1. The van der Waals surface area contributed by atoms with E-state index in [9.17, 15) is 0 Å². The maximum absolute atomic E-state index is 5.82. The van der Waals surface area contributed by atoms with Crippen molar-refractivity contribution in [2.45, 2.75) is 6.92 Å². The van der Waals surface area contributed by atoms with Crippen LogP contribution < -0.4 is 0 Å². The van der Waals surface area contributed by atoms with Gasteiger partial charge in [-0.25, -0.2) is 9.97 Å². The maximum Gasteiger partial charge on any atom is 0.162 e. The fraction of sp³-hybridized carbons (Fsp3) is 0.0909. The SMILES string of the molecule is Cc1ccc(-c2nc(Cl)cc(Cl)n2)cc1Br. The molecule has 0 saturated heterocycles. The molecule has 2 aromatic rings. The second-order valence-corrected chi connectivity index (χ2v) is 4.93. The van der Waals surface area contributed by atoms with Gasteiger partial charge in [-0.3, -0.25) is 0 Å². The molecule has 0 fully saturated rings. The normalized spacial score (nSPS) is 10.5. The highest BCUT2D eigenvalue weighted by molar-refractivity contribution is 9.10. The van der Waals surface area contributed by atoms with E-state index < -0.39 is 0 Å². The van der Waals surface area contributed by atoms with Gasteiger partial charge in [0.15, 0.2) is 5.82 Å². The Balaban J connectivity index is 2.54. The van der Waals surface area contributed by atoms with Crippen molar-refractivity contribution in [2.75, 3.05) is 0 Å². The molecule has 16 heavy (non-hydrogen) atoms. The van der Waals surface area contributed by atoms with E-state index >= 15 is 0 Å². The van der Waals surface area contributed by atoms with Gasteiger partial charge in [0.25, 0.3) is 0 Å². The minimum atomic E-state index is 0.340. The first-order valence-electron chi connectivity index (χ1n) is 4.53. The van der Waals surface area contributed by atoms with Crippen LogP contribution in [0.2, 0.25) is 10.3 Å². The highest BCUT2D eigenvalue weighted by atomic mass is 79.9. The molecule has 0 atom stereocenters. The molecule has 0 unspecified atom stereocenters. The molecule has 0 N–H and O–H groups in total. The van der Waals surface area contributed by atoms with Gasteiger partial charge < -0.3 is 0 Å². The summed E-state index contributed by atoms with van der Waals surface area (Å²) in [6, 6.07) is 7.37. The largest absolute Gasteiger partial charge is 0.216 e. The second kappa shape index (κ2) is 4.70. The van der Waals surface area contributed by atoms with E-state index in [-0.39, 0.29) is 0 Å². The molecule has 0 bridgehead atoms. The van der Waals surface area contributed by atoms with Crippen LogP contribution in [0.5, 0.6) is 0 Å². The summed E-state index contributed by atoms with van der Waals surface area (Å²) in [6.45, 7) is 2.01. The van der Waals surface area contributed by atoms with E-state index in [4.69, 9.17) is 23.2 Å². The average molecular weight is 318 g/mol. The highest BCUT2D eigenvalue weighted by Crippen LogP contribution is 2.25. The molecule has 5 heteroatoms. The Labute approximate surface area is 112 Å². The molecule has 1 heterocycles. The van der Waals surface area contributed by atoms with Crippen molar-refractivity contribution >= 4 is 39.1 Å². The molecule has 0 aliphatic carbocycles. The summed E-state index contributed by atoms with van der Waals surface area (Å²) in [4.78, 5) is 8.25. The molecule has 0 spiro atoms. The molecular formula is C11H7BrCl2N2. The molecular weight excluding hydrogens is 311 g/mol. The topological polar surface area (TPSA) is 25.8 Å². The van der Waals surface area contributed by atoms with Crippen molar-refractivity contribution in [1.82, 2.24) is 9.97 Å². The minimum absolute atomic E-state index is 0.340. The van der Waals surface area contributed by atoms with Crippen LogP contribution in [0.3, 0.4) is 0 Å². The lowest BCUT2D eigenvalue weighted by atomic mass is 10.1. The fourth-order valence-electron chi connectivity index (χ4n) is 1.25. The first kappa shape index (κ1) is 11.8. The predicted octanol–water partition coefficient (Wildman–Crippen LogP) is 4.52. The van der Waals surface area contributed by atoms with Crippen molar-refractivity contribution in [3.8, 4) is 11.4 Å². The van der Waals surface area contributed by atoms with E-state index in [1.807, 2.05) is 25.1 Å². The smallest absolute Gasteiger partial charge is 0.162 e. The zero-order valence-electron chi connectivity index (χ0n) is 8.34. The molecule has 2 rings (SSSR count). The number of hydrogen-bond acceptors (Lipinski definition) is 2. The highest BCUT2D eigenvalue weighted by Gasteiger charge is 2.06. The molecule has 0 aliphatic rings. The van der Waals surface area contributed by atoms with Gasteiger partial charge >= 0.3 is 0 Å². The summed E-state index contributed by atoms with van der Waals surface area (Å²) in [5.41, 5.74) is 2.03. The van der Waals surface area contributed by atoms with Crippen molar-refractivity contribution < 1.29 is 0 Å². The van der Waals surface area contributed by atoms with Crippen LogP contribution >= 0.6 is 39.1 Å². The number of halogens is 3. The van der Waals surface area contributed by atoms with Crippen LogP contribution in [0.4, 0.5) is 0 Å². The summed E-state index contributed by atoms with van der Waals surface area (Å²) in [7, 11) is 0. The number of hydrogen-bond donors (Lipinski definition) is 0. The molecule has 0 amide bonds. The van der Waals surface area contributed by atoms with E-state index in [0.717, 1.165) is 15.6 Å². The molecule has 1 aromatic heterocycles. The van der Waals surface area contributed by atoms with Gasteiger partial charge in [0.2, 0.25) is 0 Å². The van der Waals surface area contributed by atoms with Gasteiger partial charge in [-0.2, -0.15) is 0 Å². The summed E-state index contributed by atoms with van der Waals surface area (Å²) in [5, 5.41) is 0.679. The average Bonchev–Trinajstić information content (AvgIpc) is 2.20. The Kier molecular flexibility index (Phi) is 3.47. The number of aryl methyl sites for hydroxylation is 1. The van der Waals surface area contributed by atoms with Crippen molar-refractivity contribution in [2.24, 2.45) is 0 Å². The lowest BCUT2D eigenvalue weighted by Gasteiger charge is -2.04. The lowest BCUT2D eigenvalue weighted by molar-refractivity contribution is 1.17. The second-order valence-electron chi connectivity index (χ2n) is 3.30. The molecule has 0 radical (unpaired) electrons. The van der Waals surface area contributed by atoms with E-state index in [1.54, 1.807) is 0 Å². The first-order chi connectivity index (χ1) is 7.56. The number of aromatic nitrogens is 2. The van der Waals surface area contributed by atoms with Gasteiger partial charge in [0.05, 0.1) is 0 Å². The molecule has 82 valence electrons. The van der Waals surface area contributed by atoms with Gasteiger partial charge in [-0.05, 0) is 18.6 Å². The molecule has 0 aliphatic heterocycles. The quantitative estimate of drug-likeness (QED) is 0.723. The Bertz CT molecular complexity index is 523. The summed E-state index contributed by atoms with van der Waals surface area (Å²) >= 11 is 15.1. The third kappa shape index (κ3) is 2.54. The lowest BCUT2D eigenvalue weighted by Crippen LogP contribution is -1.90. The van der Waals surface area contributed by atoms with Crippen molar-refractivity contribution in [1.29, 1.82) is 0 Å². The van der Waals surface area contributed by atoms with Crippen LogP contribution in [0.15, 0.2) is 28.7 Å². The van der Waals surface area contributed by atoms with Crippen molar-refractivity contribution in [3.05, 3.63) is 44.6 Å². The van der Waals surface area contributed by atoms with Crippen LogP contribution in [0, 0.1) is 6.92 Å². The van der Waals surface area contributed by atoms with Gasteiger partial charge in [0, 0.05) is 16.1 Å². The molecule has 1 aromatic carbocycles. The maximum atomic E-state index is 5.82. The Morgan fingerprint density at radius 2 is 1.69 bits per heavy atom. The first-order valence-corrected chi connectivity index (χ1v) is 6.08. The third-order valence-corrected chi connectivity index (χ3v) is 3.34. The van der Waals surface area contributed by atoms with Gasteiger partial charge in [0.1, 0.15) is 10.3 Å². The zero-order valence-corrected chi connectivity index (χ0v) is 11.4. The standard InChI is InChI=1S/C11H7BrCl2N2/c1-6-2-3-7(4-8(6)12)11-15-9(13)5-10(14)16-11/h2-5H,1H3. The van der Waals surface area contributed by atoms with Gasteiger partial charge in [-0.1, -0.05) is 51.3 Å². The molecule has 2 nitrogen and oxygen atoms in total. The Morgan fingerprint density at radius 1 is 1.06 bits per heavy atom. The van der Waals surface area contributed by atoms with Crippen molar-refractivity contribution in [3.63, 3.8) is 0 Å². The fourth-order valence-corrected chi connectivity index (χ4v) is 2.05. The zero-order chi connectivity index (χ0) is 11.7. The summed E-state index contributed by atoms with van der Waals surface area (Å²) in [5.74, 6) is 0.526. The van der Waals surface area contributed by atoms with Crippen LogP contribution in [0.25, 0.3) is 11.4 Å². The van der Waals surface area contributed by atoms with Gasteiger partial charge in [-0.15, -0.1) is 0 Å². The van der Waals surface area contributed by atoms with E-state index in [2.05, 4.69) is 25.9 Å². The molecule has 0 saturated carbocycles. The summed E-state index contributed by atoms with van der Waals surface area (Å²) in [6.07, 6.45) is 0. The van der Waals surface area contributed by atoms with Crippen LogP contribution in [-0.4, -0.2) is 9.97 Å². The number of nitrogens with zero attached hydrogens (tertiary/aromatic N) is 2. The monoisotopic (exact) mass is 316 g/mol. The Morgan fingerprint density at radius 3 is 2.25 bits per heavy atom. The van der Waals surface area contributed by atoms with Crippen LogP contribution in [0.1, 0.15) is 5.56 Å². The van der Waals surface area contributed by atoms with E-state index in [0.29, 0.717) is 16.1 Å². The predicted molar refractivity (Wildman–Crippen MR) is 69.9 cm³/mol. The van der Waals surface area contributed by atoms with E-state index in [1.165, 1.54) is 6.07 Å². The minimum Gasteiger partial charge on any atom is -0.216 e. The third-order valence-electron chi connectivity index (χ3n) is 2.09. The summed E-state index contributed by atoms with van der Waals surface area (Å²) < 4.78 is 1.00. The number of rotatable bonds is 1. The Hall–Kier alpha value is -0.640. The van der Waals surface area contributed by atoms with Crippen LogP contribution in [-0.2, 0) is 0 Å².